The van der Waals surface area contributed by atoms with Gasteiger partial charge in [-0.1, -0.05) is 130 Å². The summed E-state index contributed by atoms with van der Waals surface area (Å²) in [4.78, 5) is 21.6. The molecule has 4 aromatic rings. The smallest absolute Gasteiger partial charge is 0.261 e. The van der Waals surface area contributed by atoms with E-state index in [9.17, 15) is 4.79 Å². The number of hydrogen-bond acceptors (Lipinski definition) is 3. The molecular weight excluding hydrogens is 639 g/mol. The number of rotatable bonds is 11. The second-order valence-electron chi connectivity index (χ2n) is 14.1. The van der Waals surface area contributed by atoms with E-state index in [1.807, 2.05) is 36.4 Å². The van der Waals surface area contributed by atoms with E-state index in [1.54, 1.807) is 6.20 Å². The van der Waals surface area contributed by atoms with Gasteiger partial charge in [-0.3, -0.25) is 9.78 Å². The summed E-state index contributed by atoms with van der Waals surface area (Å²) in [6.45, 7) is 15.6. The van der Waals surface area contributed by atoms with Gasteiger partial charge in [0.25, 0.3) is 8.32 Å². The first-order valence-electron chi connectivity index (χ1n) is 16.5. The van der Waals surface area contributed by atoms with Crippen LogP contribution >= 0.6 is 23.2 Å². The van der Waals surface area contributed by atoms with E-state index in [0.717, 1.165) is 11.3 Å². The molecule has 1 saturated heterocycles. The number of piperidine rings is 1. The van der Waals surface area contributed by atoms with Crippen LogP contribution < -0.4 is 10.4 Å². The highest BCUT2D eigenvalue weighted by Gasteiger charge is 2.52. The van der Waals surface area contributed by atoms with Gasteiger partial charge in [-0.05, 0) is 71.4 Å². The molecule has 0 N–H and O–H groups in total. The lowest BCUT2D eigenvalue weighted by Gasteiger charge is -2.51. The van der Waals surface area contributed by atoms with E-state index in [-0.39, 0.29) is 28.9 Å². The number of aromatic nitrogens is 1. The SMILES string of the molecule is C=CCC1(C)C[C@H](c2cccc(Cl)c2)[C@@H](c2ccc(Cl)cn2)N([C@@H](C)CCO[Si](c2ccccc2)(c2ccccc2)C(C)(C)C)C1=O. The van der Waals surface area contributed by atoms with Gasteiger partial charge in [0.2, 0.25) is 5.91 Å². The van der Waals surface area contributed by atoms with Crippen molar-refractivity contribution in [2.75, 3.05) is 6.61 Å². The number of pyridine rings is 1. The quantitative estimate of drug-likeness (QED) is 0.117. The molecule has 0 aliphatic carbocycles. The van der Waals surface area contributed by atoms with Crippen molar-refractivity contribution in [3.05, 3.63) is 137 Å². The van der Waals surface area contributed by atoms with Gasteiger partial charge in [-0.15, -0.1) is 6.58 Å². The number of likely N-dealkylation sites (tertiary alicyclic amines) is 1. The van der Waals surface area contributed by atoms with Crippen molar-refractivity contribution < 1.29 is 9.22 Å². The van der Waals surface area contributed by atoms with Crippen molar-refractivity contribution in [1.82, 2.24) is 9.88 Å². The van der Waals surface area contributed by atoms with Crippen LogP contribution in [0.2, 0.25) is 15.1 Å². The molecular formula is C40H46Cl2N2O2Si. The van der Waals surface area contributed by atoms with Crippen LogP contribution in [-0.2, 0) is 9.22 Å². The molecule has 0 saturated carbocycles. The maximum atomic E-state index is 14.7. The first-order valence-corrected chi connectivity index (χ1v) is 19.1. The van der Waals surface area contributed by atoms with Gasteiger partial charge in [-0.25, -0.2) is 0 Å². The molecule has 1 unspecified atom stereocenters. The van der Waals surface area contributed by atoms with Crippen molar-refractivity contribution in [2.45, 2.75) is 76.9 Å². The summed E-state index contributed by atoms with van der Waals surface area (Å²) in [5, 5.41) is 3.57. The topological polar surface area (TPSA) is 42.4 Å². The Morgan fingerprint density at radius 2 is 1.62 bits per heavy atom. The van der Waals surface area contributed by atoms with Crippen molar-refractivity contribution in [1.29, 1.82) is 0 Å². The zero-order valence-electron chi connectivity index (χ0n) is 28.1. The minimum atomic E-state index is -2.74. The molecule has 4 atom stereocenters. The van der Waals surface area contributed by atoms with Crippen LogP contribution in [0.1, 0.15) is 77.1 Å². The number of carbonyl (C=O) groups excluding carboxylic acids is 1. The minimum Gasteiger partial charge on any atom is -0.407 e. The van der Waals surface area contributed by atoms with Gasteiger partial charge in [-0.2, -0.15) is 0 Å². The Balaban J connectivity index is 1.55. The van der Waals surface area contributed by atoms with Crippen LogP contribution in [0.3, 0.4) is 0 Å². The van der Waals surface area contributed by atoms with Gasteiger partial charge in [0.15, 0.2) is 0 Å². The lowest BCUT2D eigenvalue weighted by molar-refractivity contribution is -0.154. The predicted molar refractivity (Wildman–Crippen MR) is 198 cm³/mol. The van der Waals surface area contributed by atoms with Gasteiger partial charge in [0.05, 0.1) is 22.2 Å². The fourth-order valence-corrected chi connectivity index (χ4v) is 12.4. The average Bonchev–Trinajstić information content (AvgIpc) is 3.05. The van der Waals surface area contributed by atoms with Crippen molar-refractivity contribution >= 4 is 47.8 Å². The van der Waals surface area contributed by atoms with Gasteiger partial charge in [0, 0.05) is 29.8 Å². The molecule has 1 aliphatic heterocycles. The third-order valence-corrected chi connectivity index (χ3v) is 15.3. The zero-order valence-corrected chi connectivity index (χ0v) is 30.6. The van der Waals surface area contributed by atoms with E-state index >= 15 is 0 Å². The molecule has 246 valence electrons. The summed E-state index contributed by atoms with van der Waals surface area (Å²) in [5.41, 5.74) is 1.26. The van der Waals surface area contributed by atoms with E-state index in [4.69, 9.17) is 32.6 Å². The largest absolute Gasteiger partial charge is 0.407 e. The summed E-state index contributed by atoms with van der Waals surface area (Å²) < 4.78 is 7.28. The van der Waals surface area contributed by atoms with E-state index in [0.29, 0.717) is 35.9 Å². The number of carbonyl (C=O) groups is 1. The Morgan fingerprint density at radius 3 is 2.15 bits per heavy atom. The summed E-state index contributed by atoms with van der Waals surface area (Å²) in [7, 11) is -2.74. The first-order chi connectivity index (χ1) is 22.4. The van der Waals surface area contributed by atoms with Crippen LogP contribution in [0.5, 0.6) is 0 Å². The van der Waals surface area contributed by atoms with Crippen LogP contribution in [0.25, 0.3) is 0 Å². The summed E-state index contributed by atoms with van der Waals surface area (Å²) >= 11 is 12.8. The zero-order chi connectivity index (χ0) is 33.8. The number of benzene rings is 3. The molecule has 1 amide bonds. The number of allylic oxidation sites excluding steroid dienone is 1. The molecule has 7 heteroatoms. The Kier molecular flexibility index (Phi) is 10.8. The predicted octanol–water partition coefficient (Wildman–Crippen LogP) is 9.38. The third kappa shape index (κ3) is 7.14. The van der Waals surface area contributed by atoms with Crippen LogP contribution in [0, 0.1) is 5.41 Å². The van der Waals surface area contributed by atoms with Crippen LogP contribution in [-0.4, -0.2) is 36.8 Å². The van der Waals surface area contributed by atoms with Crippen LogP contribution in [0.15, 0.2) is 116 Å². The van der Waals surface area contributed by atoms with Crippen LogP contribution in [0.4, 0.5) is 0 Å². The normalized spacial score (nSPS) is 21.0. The summed E-state index contributed by atoms with van der Waals surface area (Å²) in [6, 6.07) is 32.7. The second kappa shape index (κ2) is 14.5. The first kappa shape index (κ1) is 35.1. The number of nitrogens with zero attached hydrogens (tertiary/aromatic N) is 2. The lowest BCUT2D eigenvalue weighted by atomic mass is 9.67. The number of hydrogen-bond donors (Lipinski definition) is 0. The summed E-state index contributed by atoms with van der Waals surface area (Å²) in [5.74, 6) is 0.0699. The molecule has 2 heterocycles. The van der Waals surface area contributed by atoms with Gasteiger partial charge < -0.3 is 9.33 Å². The number of amides is 1. The van der Waals surface area contributed by atoms with Crippen molar-refractivity contribution in [2.24, 2.45) is 5.41 Å². The summed E-state index contributed by atoms with van der Waals surface area (Å²) in [6.07, 6.45) is 5.42. The Bertz CT molecular complexity index is 1620. The molecule has 3 aromatic carbocycles. The Labute approximate surface area is 291 Å². The standard InChI is InChI=1S/C40H46Cl2N2O2Si/c1-7-24-40(6)27-35(30-15-14-16-31(41)26-30)37(36-22-21-32(42)28-43-36)44(38(40)45)29(2)23-25-46-47(39(3,4)5,33-17-10-8-11-18-33)34-19-12-9-13-20-34/h7-22,26,28-29,35,37H,1,23-25,27H2,2-6H3/t29-,35+,37-,40?/m0/s1. The van der Waals surface area contributed by atoms with Gasteiger partial charge >= 0.3 is 0 Å². The molecule has 47 heavy (non-hydrogen) atoms. The Morgan fingerprint density at radius 1 is 0.979 bits per heavy atom. The van der Waals surface area contributed by atoms with E-state index < -0.39 is 13.7 Å². The van der Waals surface area contributed by atoms with Gasteiger partial charge in [0.1, 0.15) is 0 Å². The highest BCUT2D eigenvalue weighted by Crippen LogP contribution is 2.52. The molecule has 1 fully saturated rings. The molecule has 0 bridgehead atoms. The Hall–Kier alpha value is -3.22. The van der Waals surface area contributed by atoms with E-state index in [2.05, 4.69) is 113 Å². The highest BCUT2D eigenvalue weighted by molar-refractivity contribution is 6.99. The molecule has 0 radical (unpaired) electrons. The minimum absolute atomic E-state index is 0.0370. The molecule has 5 rings (SSSR count). The van der Waals surface area contributed by atoms with Crippen molar-refractivity contribution in [3.63, 3.8) is 0 Å². The van der Waals surface area contributed by atoms with Crippen molar-refractivity contribution in [3.8, 4) is 0 Å². The average molecular weight is 686 g/mol. The fourth-order valence-electron chi connectivity index (χ4n) is 7.51. The highest BCUT2D eigenvalue weighted by atomic mass is 35.5. The maximum Gasteiger partial charge on any atom is 0.261 e. The molecule has 4 nitrogen and oxygen atoms in total. The third-order valence-electron chi connectivity index (χ3n) is 9.77. The molecule has 0 spiro atoms. The monoisotopic (exact) mass is 684 g/mol. The molecule has 1 aromatic heterocycles. The fraction of sp³-hybridized carbons (Fsp3) is 0.350. The number of halogens is 2. The lowest BCUT2D eigenvalue weighted by Crippen LogP contribution is -2.66. The second-order valence-corrected chi connectivity index (χ2v) is 19.3. The maximum absolute atomic E-state index is 14.7. The molecule has 1 aliphatic rings. The van der Waals surface area contributed by atoms with E-state index in [1.165, 1.54) is 10.4 Å².